The van der Waals surface area contributed by atoms with E-state index in [9.17, 15) is 4.79 Å². The number of carbonyl (C=O) groups excluding carboxylic acids is 1. The molecular formula is C19H24N2OS. The van der Waals surface area contributed by atoms with Crippen molar-refractivity contribution in [2.24, 2.45) is 0 Å². The summed E-state index contributed by atoms with van der Waals surface area (Å²) in [6.07, 6.45) is 0.931. The van der Waals surface area contributed by atoms with Crippen LogP contribution in [0.3, 0.4) is 0 Å². The highest BCUT2D eigenvalue weighted by Gasteiger charge is 2.13. The van der Waals surface area contributed by atoms with Crippen molar-refractivity contribution in [1.29, 1.82) is 0 Å². The number of nitrogens with one attached hydrogen (secondary N) is 1. The highest BCUT2D eigenvalue weighted by Crippen LogP contribution is 2.16. The molecule has 0 spiro atoms. The molecule has 0 radical (unpaired) electrons. The molecule has 1 unspecified atom stereocenters. The summed E-state index contributed by atoms with van der Waals surface area (Å²) in [5, 5.41) is 3.05. The van der Waals surface area contributed by atoms with E-state index in [4.69, 9.17) is 0 Å². The minimum absolute atomic E-state index is 0.0822. The quantitative estimate of drug-likeness (QED) is 0.756. The Morgan fingerprint density at radius 2 is 1.65 bits per heavy atom. The Morgan fingerprint density at radius 1 is 1.04 bits per heavy atom. The lowest BCUT2D eigenvalue weighted by atomic mass is 10.1. The Kier molecular flexibility index (Phi) is 7.17. The van der Waals surface area contributed by atoms with Crippen LogP contribution in [-0.4, -0.2) is 43.2 Å². The van der Waals surface area contributed by atoms with Crippen molar-refractivity contribution in [3.63, 3.8) is 0 Å². The predicted molar refractivity (Wildman–Crippen MR) is 97.8 cm³/mol. The Bertz CT molecular complexity index is 587. The largest absolute Gasteiger partial charge is 0.354 e. The molecule has 1 atom stereocenters. The summed E-state index contributed by atoms with van der Waals surface area (Å²) in [6, 6.07) is 20.7. The molecule has 2 aromatic carbocycles. The summed E-state index contributed by atoms with van der Waals surface area (Å²) in [6.45, 7) is 0.663. The van der Waals surface area contributed by atoms with Crippen molar-refractivity contribution in [3.8, 4) is 0 Å². The number of rotatable bonds is 8. The minimum atomic E-state index is 0.0822. The van der Waals surface area contributed by atoms with Gasteiger partial charge < -0.3 is 10.2 Å². The number of amides is 1. The fourth-order valence-electron chi connectivity index (χ4n) is 2.27. The molecule has 0 heterocycles. The second kappa shape index (κ2) is 9.38. The van der Waals surface area contributed by atoms with Gasteiger partial charge in [-0.3, -0.25) is 4.79 Å². The van der Waals surface area contributed by atoms with E-state index < -0.39 is 0 Å². The van der Waals surface area contributed by atoms with Crippen LogP contribution in [0.1, 0.15) is 5.56 Å². The maximum Gasteiger partial charge on any atom is 0.230 e. The van der Waals surface area contributed by atoms with Gasteiger partial charge >= 0.3 is 0 Å². The van der Waals surface area contributed by atoms with Crippen LogP contribution in [0.5, 0.6) is 0 Å². The molecule has 0 saturated heterocycles. The Hall–Kier alpha value is -1.78. The lowest BCUT2D eigenvalue weighted by Gasteiger charge is -2.24. The van der Waals surface area contributed by atoms with Crippen LogP contribution in [-0.2, 0) is 11.2 Å². The van der Waals surface area contributed by atoms with E-state index in [1.165, 1.54) is 5.56 Å². The van der Waals surface area contributed by atoms with E-state index in [2.05, 4.69) is 48.6 Å². The zero-order valence-electron chi connectivity index (χ0n) is 13.7. The van der Waals surface area contributed by atoms with Gasteiger partial charge in [0.05, 0.1) is 5.75 Å². The normalized spacial score (nSPS) is 12.1. The second-order valence-corrected chi connectivity index (χ2v) is 6.76. The molecule has 4 heteroatoms. The fraction of sp³-hybridized carbons (Fsp3) is 0.316. The van der Waals surface area contributed by atoms with Gasteiger partial charge in [0.25, 0.3) is 0 Å². The van der Waals surface area contributed by atoms with E-state index in [1.807, 2.05) is 36.4 Å². The van der Waals surface area contributed by atoms with Crippen molar-refractivity contribution in [1.82, 2.24) is 10.2 Å². The average molecular weight is 328 g/mol. The molecule has 0 fully saturated rings. The lowest BCUT2D eigenvalue weighted by Crippen LogP contribution is -2.42. The van der Waals surface area contributed by atoms with Gasteiger partial charge in [0, 0.05) is 17.5 Å². The molecule has 3 nitrogen and oxygen atoms in total. The van der Waals surface area contributed by atoms with Gasteiger partial charge in [-0.05, 0) is 38.2 Å². The van der Waals surface area contributed by atoms with E-state index in [1.54, 1.807) is 11.8 Å². The summed E-state index contributed by atoms with van der Waals surface area (Å²) < 4.78 is 0. The number of thioether (sulfide) groups is 1. The van der Waals surface area contributed by atoms with E-state index in [0.29, 0.717) is 18.3 Å². The van der Waals surface area contributed by atoms with Crippen LogP contribution in [0.15, 0.2) is 65.6 Å². The molecule has 1 N–H and O–H groups in total. The maximum atomic E-state index is 12.0. The van der Waals surface area contributed by atoms with Crippen LogP contribution >= 0.6 is 11.8 Å². The van der Waals surface area contributed by atoms with Crippen LogP contribution in [0.2, 0.25) is 0 Å². The summed E-state index contributed by atoms with van der Waals surface area (Å²) >= 11 is 1.57. The van der Waals surface area contributed by atoms with Gasteiger partial charge in [0.1, 0.15) is 0 Å². The van der Waals surface area contributed by atoms with Crippen molar-refractivity contribution in [2.45, 2.75) is 17.4 Å². The van der Waals surface area contributed by atoms with Crippen molar-refractivity contribution >= 4 is 17.7 Å². The maximum absolute atomic E-state index is 12.0. The third-order valence-corrected chi connectivity index (χ3v) is 4.70. The van der Waals surface area contributed by atoms with Crippen molar-refractivity contribution in [3.05, 3.63) is 66.2 Å². The number of hydrogen-bond acceptors (Lipinski definition) is 3. The number of likely N-dealkylation sites (N-methyl/N-ethyl adjacent to an activating group) is 1. The van der Waals surface area contributed by atoms with Crippen LogP contribution in [0.25, 0.3) is 0 Å². The summed E-state index contributed by atoms with van der Waals surface area (Å²) in [5.41, 5.74) is 1.29. The molecule has 1 amide bonds. The van der Waals surface area contributed by atoms with Gasteiger partial charge in [0.2, 0.25) is 5.91 Å². The number of carbonyl (C=O) groups is 1. The van der Waals surface area contributed by atoms with Crippen molar-refractivity contribution in [2.75, 3.05) is 26.4 Å². The molecule has 0 aliphatic heterocycles. The van der Waals surface area contributed by atoms with Gasteiger partial charge in [0.15, 0.2) is 0 Å². The number of hydrogen-bond donors (Lipinski definition) is 1. The average Bonchev–Trinajstić information content (AvgIpc) is 2.58. The molecule has 23 heavy (non-hydrogen) atoms. The molecule has 122 valence electrons. The molecule has 2 rings (SSSR count). The molecule has 0 saturated carbocycles. The Labute approximate surface area is 143 Å². The highest BCUT2D eigenvalue weighted by molar-refractivity contribution is 8.00. The van der Waals surface area contributed by atoms with E-state index in [-0.39, 0.29) is 5.91 Å². The van der Waals surface area contributed by atoms with Gasteiger partial charge in [-0.1, -0.05) is 48.5 Å². The molecule has 0 aromatic heterocycles. The number of nitrogens with zero attached hydrogens (tertiary/aromatic N) is 1. The zero-order chi connectivity index (χ0) is 16.5. The zero-order valence-corrected chi connectivity index (χ0v) is 14.6. The predicted octanol–water partition coefficient (Wildman–Crippen LogP) is 3.07. The van der Waals surface area contributed by atoms with E-state index in [0.717, 1.165) is 11.3 Å². The fourth-order valence-corrected chi connectivity index (χ4v) is 3.02. The minimum Gasteiger partial charge on any atom is -0.354 e. The number of benzene rings is 2. The summed E-state index contributed by atoms with van der Waals surface area (Å²) in [5.74, 6) is 0.536. The SMILES string of the molecule is CN(C)C(CNC(=O)CSc1ccccc1)Cc1ccccc1. The lowest BCUT2D eigenvalue weighted by molar-refractivity contribution is -0.118. The summed E-state index contributed by atoms with van der Waals surface area (Å²) in [4.78, 5) is 15.3. The van der Waals surface area contributed by atoms with Crippen LogP contribution < -0.4 is 5.32 Å². The second-order valence-electron chi connectivity index (χ2n) is 5.71. The first-order valence-electron chi connectivity index (χ1n) is 7.80. The van der Waals surface area contributed by atoms with E-state index >= 15 is 0 Å². The molecule has 2 aromatic rings. The van der Waals surface area contributed by atoms with Crippen LogP contribution in [0, 0.1) is 0 Å². The van der Waals surface area contributed by atoms with Gasteiger partial charge in [-0.15, -0.1) is 11.8 Å². The molecule has 0 aliphatic carbocycles. The molecule has 0 bridgehead atoms. The monoisotopic (exact) mass is 328 g/mol. The first-order valence-corrected chi connectivity index (χ1v) is 8.78. The Balaban J connectivity index is 1.78. The first-order chi connectivity index (χ1) is 11.1. The van der Waals surface area contributed by atoms with Gasteiger partial charge in [-0.25, -0.2) is 0 Å². The Morgan fingerprint density at radius 3 is 2.26 bits per heavy atom. The topological polar surface area (TPSA) is 32.3 Å². The third-order valence-electron chi connectivity index (χ3n) is 3.69. The van der Waals surface area contributed by atoms with Crippen molar-refractivity contribution < 1.29 is 4.79 Å². The summed E-state index contributed by atoms with van der Waals surface area (Å²) in [7, 11) is 4.11. The smallest absolute Gasteiger partial charge is 0.230 e. The molecular weight excluding hydrogens is 304 g/mol. The first kappa shape index (κ1) is 17.6. The molecule has 0 aliphatic rings. The standard InChI is InChI=1S/C19H24N2OS/c1-21(2)17(13-16-9-5-3-6-10-16)14-20-19(22)15-23-18-11-7-4-8-12-18/h3-12,17H,13-15H2,1-2H3,(H,20,22). The van der Waals surface area contributed by atoms with Crippen LogP contribution in [0.4, 0.5) is 0 Å². The highest BCUT2D eigenvalue weighted by atomic mass is 32.2. The van der Waals surface area contributed by atoms with Gasteiger partial charge in [-0.2, -0.15) is 0 Å². The third kappa shape index (κ3) is 6.47.